The molecule has 0 spiro atoms. The van der Waals surface area contributed by atoms with Gasteiger partial charge in [-0.3, -0.25) is 0 Å². The molecular formula is C19H32O. The molecule has 1 heteroatoms. The molecule has 0 saturated carbocycles. The standard InChI is InChI=1S/C19H32O/c1-16(2)8-6-10-19(13-12-17(3)4)11-7-9-18(5)14-15-20/h8,11-12,14,20H,6-7,9-10,13,15H2,1-5H3/b18-14+,19-11-. The van der Waals surface area contributed by atoms with E-state index in [1.54, 1.807) is 0 Å². The van der Waals surface area contributed by atoms with Crippen LogP contribution in [0.4, 0.5) is 0 Å². The van der Waals surface area contributed by atoms with Crippen LogP contribution >= 0.6 is 0 Å². The molecule has 0 unspecified atom stereocenters. The molecule has 0 heterocycles. The summed E-state index contributed by atoms with van der Waals surface area (Å²) in [7, 11) is 0. The fourth-order valence-corrected chi connectivity index (χ4v) is 1.93. The Bertz CT molecular complexity index is 373. The summed E-state index contributed by atoms with van der Waals surface area (Å²) in [6.07, 6.45) is 14.4. The van der Waals surface area contributed by atoms with Crippen molar-refractivity contribution in [1.82, 2.24) is 0 Å². The van der Waals surface area contributed by atoms with E-state index in [4.69, 9.17) is 5.11 Å². The van der Waals surface area contributed by atoms with Gasteiger partial charge in [0.15, 0.2) is 0 Å². The summed E-state index contributed by atoms with van der Waals surface area (Å²) in [5.74, 6) is 0. The van der Waals surface area contributed by atoms with Crippen LogP contribution in [0.25, 0.3) is 0 Å². The van der Waals surface area contributed by atoms with Crippen LogP contribution in [0.2, 0.25) is 0 Å². The zero-order valence-corrected chi connectivity index (χ0v) is 14.0. The number of aliphatic hydroxyl groups is 1. The molecule has 0 rings (SSSR count). The normalized spacial score (nSPS) is 12.3. The summed E-state index contributed by atoms with van der Waals surface area (Å²) in [5, 5.41) is 8.85. The maximum Gasteiger partial charge on any atom is 0.0614 e. The molecule has 0 aliphatic rings. The molecule has 20 heavy (non-hydrogen) atoms. The predicted octanol–water partition coefficient (Wildman–Crippen LogP) is 5.73. The highest BCUT2D eigenvalue weighted by Gasteiger charge is 1.96. The fraction of sp³-hybridized carbons (Fsp3) is 0.579. The van der Waals surface area contributed by atoms with E-state index in [1.807, 2.05) is 6.08 Å². The Kier molecular flexibility index (Phi) is 11.1. The van der Waals surface area contributed by atoms with Crippen molar-refractivity contribution in [3.8, 4) is 0 Å². The molecule has 0 aliphatic heterocycles. The minimum absolute atomic E-state index is 0.154. The van der Waals surface area contributed by atoms with E-state index >= 15 is 0 Å². The van der Waals surface area contributed by atoms with E-state index in [2.05, 4.69) is 52.8 Å². The second kappa shape index (κ2) is 11.7. The molecule has 0 atom stereocenters. The summed E-state index contributed by atoms with van der Waals surface area (Å²) in [5.41, 5.74) is 5.58. The Hall–Kier alpha value is -1.08. The first-order valence-electron chi connectivity index (χ1n) is 7.66. The lowest BCUT2D eigenvalue weighted by atomic mass is 10.0. The Morgan fingerprint density at radius 3 is 1.90 bits per heavy atom. The smallest absolute Gasteiger partial charge is 0.0614 e. The highest BCUT2D eigenvalue weighted by atomic mass is 16.2. The first kappa shape index (κ1) is 18.9. The maximum absolute atomic E-state index is 8.85. The number of aliphatic hydroxyl groups excluding tert-OH is 1. The molecule has 1 nitrogen and oxygen atoms in total. The third-order valence-corrected chi connectivity index (χ3v) is 3.20. The molecule has 0 aromatic rings. The van der Waals surface area contributed by atoms with Crippen LogP contribution in [0.5, 0.6) is 0 Å². The third kappa shape index (κ3) is 12.0. The van der Waals surface area contributed by atoms with Gasteiger partial charge in [-0.25, -0.2) is 0 Å². The van der Waals surface area contributed by atoms with Gasteiger partial charge in [0.2, 0.25) is 0 Å². The largest absolute Gasteiger partial charge is 0.392 e. The predicted molar refractivity (Wildman–Crippen MR) is 90.9 cm³/mol. The van der Waals surface area contributed by atoms with Crippen LogP contribution in [0.3, 0.4) is 0 Å². The van der Waals surface area contributed by atoms with Crippen molar-refractivity contribution in [1.29, 1.82) is 0 Å². The van der Waals surface area contributed by atoms with Gasteiger partial charge in [-0.1, -0.05) is 46.6 Å². The van der Waals surface area contributed by atoms with Crippen molar-refractivity contribution in [3.63, 3.8) is 0 Å². The monoisotopic (exact) mass is 276 g/mol. The van der Waals surface area contributed by atoms with Gasteiger partial charge in [0, 0.05) is 0 Å². The van der Waals surface area contributed by atoms with E-state index in [9.17, 15) is 0 Å². The minimum atomic E-state index is 0.154. The molecule has 0 fully saturated rings. The van der Waals surface area contributed by atoms with Gasteiger partial charge in [-0.05, 0) is 66.7 Å². The van der Waals surface area contributed by atoms with Gasteiger partial charge in [0.25, 0.3) is 0 Å². The molecule has 114 valence electrons. The number of allylic oxidation sites excluding steroid dienone is 7. The SMILES string of the molecule is CC(C)=CCC/C(=C/CC/C(C)=C/CO)CC=C(C)C. The van der Waals surface area contributed by atoms with E-state index < -0.39 is 0 Å². The minimum Gasteiger partial charge on any atom is -0.392 e. The van der Waals surface area contributed by atoms with Crippen molar-refractivity contribution in [2.24, 2.45) is 0 Å². The summed E-state index contributed by atoms with van der Waals surface area (Å²) in [6, 6.07) is 0. The van der Waals surface area contributed by atoms with Gasteiger partial charge in [0.05, 0.1) is 6.61 Å². The first-order valence-corrected chi connectivity index (χ1v) is 7.66. The van der Waals surface area contributed by atoms with Crippen LogP contribution in [0.1, 0.15) is 66.7 Å². The Balaban J connectivity index is 4.46. The Morgan fingerprint density at radius 1 is 0.750 bits per heavy atom. The molecule has 0 bridgehead atoms. The topological polar surface area (TPSA) is 20.2 Å². The van der Waals surface area contributed by atoms with Gasteiger partial charge in [-0.15, -0.1) is 0 Å². The van der Waals surface area contributed by atoms with Crippen LogP contribution in [-0.2, 0) is 0 Å². The first-order chi connectivity index (χ1) is 9.45. The van der Waals surface area contributed by atoms with Gasteiger partial charge < -0.3 is 5.11 Å². The Morgan fingerprint density at radius 2 is 1.35 bits per heavy atom. The van der Waals surface area contributed by atoms with Crippen LogP contribution in [0, 0.1) is 0 Å². The van der Waals surface area contributed by atoms with Crippen molar-refractivity contribution in [2.75, 3.05) is 6.61 Å². The maximum atomic E-state index is 8.85. The van der Waals surface area contributed by atoms with Gasteiger partial charge in [-0.2, -0.15) is 0 Å². The quantitative estimate of drug-likeness (QED) is 0.533. The Labute approximate surface area is 125 Å². The summed E-state index contributed by atoms with van der Waals surface area (Å²) in [4.78, 5) is 0. The van der Waals surface area contributed by atoms with E-state index in [-0.39, 0.29) is 6.61 Å². The molecule has 0 saturated heterocycles. The lowest BCUT2D eigenvalue weighted by Gasteiger charge is -2.05. The van der Waals surface area contributed by atoms with Crippen LogP contribution < -0.4 is 0 Å². The number of hydrogen-bond acceptors (Lipinski definition) is 1. The molecule has 0 amide bonds. The summed E-state index contributed by atoms with van der Waals surface area (Å²) in [6.45, 7) is 10.9. The lowest BCUT2D eigenvalue weighted by Crippen LogP contribution is -1.86. The average molecular weight is 276 g/mol. The molecule has 0 radical (unpaired) electrons. The third-order valence-electron chi connectivity index (χ3n) is 3.20. The second-order valence-corrected chi connectivity index (χ2v) is 5.94. The summed E-state index contributed by atoms with van der Waals surface area (Å²) >= 11 is 0. The highest BCUT2D eigenvalue weighted by Crippen LogP contribution is 2.16. The molecular weight excluding hydrogens is 244 g/mol. The molecule has 0 aromatic heterocycles. The van der Waals surface area contributed by atoms with Gasteiger partial charge >= 0.3 is 0 Å². The number of rotatable bonds is 9. The molecule has 0 aromatic carbocycles. The van der Waals surface area contributed by atoms with Crippen molar-refractivity contribution < 1.29 is 5.11 Å². The second-order valence-electron chi connectivity index (χ2n) is 5.94. The average Bonchev–Trinajstić information content (AvgIpc) is 2.35. The van der Waals surface area contributed by atoms with E-state index in [1.165, 1.54) is 22.3 Å². The molecule has 1 N–H and O–H groups in total. The van der Waals surface area contributed by atoms with E-state index in [0.29, 0.717) is 0 Å². The fourth-order valence-electron chi connectivity index (χ4n) is 1.93. The van der Waals surface area contributed by atoms with Crippen molar-refractivity contribution >= 4 is 0 Å². The van der Waals surface area contributed by atoms with E-state index in [0.717, 1.165) is 32.1 Å². The van der Waals surface area contributed by atoms with Crippen LogP contribution in [-0.4, -0.2) is 11.7 Å². The molecule has 0 aliphatic carbocycles. The zero-order chi connectivity index (χ0) is 15.4. The summed E-state index contributed by atoms with van der Waals surface area (Å²) < 4.78 is 0. The van der Waals surface area contributed by atoms with Crippen molar-refractivity contribution in [3.05, 3.63) is 46.6 Å². The number of hydrogen-bond donors (Lipinski definition) is 1. The van der Waals surface area contributed by atoms with Gasteiger partial charge in [0.1, 0.15) is 0 Å². The highest BCUT2D eigenvalue weighted by molar-refractivity contribution is 5.12. The van der Waals surface area contributed by atoms with Crippen LogP contribution in [0.15, 0.2) is 46.6 Å². The zero-order valence-electron chi connectivity index (χ0n) is 14.0. The van der Waals surface area contributed by atoms with Crippen molar-refractivity contribution in [2.45, 2.75) is 66.7 Å². The lowest BCUT2D eigenvalue weighted by molar-refractivity contribution is 0.341.